The van der Waals surface area contributed by atoms with Gasteiger partial charge in [-0.1, -0.05) is 24.3 Å². The number of hydrogen-bond donors (Lipinski definition) is 1. The van der Waals surface area contributed by atoms with Crippen molar-refractivity contribution >= 4 is 11.4 Å². The average Bonchev–Trinajstić information content (AvgIpc) is 2.43. The molecule has 0 radical (unpaired) electrons. The first-order valence-electron chi connectivity index (χ1n) is 6.85. The van der Waals surface area contributed by atoms with Crippen molar-refractivity contribution in [3.8, 4) is 5.75 Å². The second-order valence-corrected chi connectivity index (χ2v) is 5.28. The van der Waals surface area contributed by atoms with Crippen molar-refractivity contribution in [1.82, 2.24) is 4.90 Å². The smallest absolute Gasteiger partial charge is 0.139 e. The van der Waals surface area contributed by atoms with Crippen LogP contribution in [0.3, 0.4) is 0 Å². The Hall–Kier alpha value is -2.00. The zero-order valence-corrected chi connectivity index (χ0v) is 12.4. The minimum atomic E-state index is 0.318. The Bertz CT molecular complexity index is 552. The van der Waals surface area contributed by atoms with E-state index < -0.39 is 0 Å². The van der Waals surface area contributed by atoms with E-state index in [1.165, 1.54) is 0 Å². The van der Waals surface area contributed by atoms with Crippen LogP contribution in [0.25, 0.3) is 0 Å². The Morgan fingerprint density at radius 2 is 1.65 bits per heavy atom. The van der Waals surface area contributed by atoms with Gasteiger partial charge in [0.05, 0.1) is 5.69 Å². The highest BCUT2D eigenvalue weighted by molar-refractivity contribution is 5.69. The third-order valence-electron chi connectivity index (χ3n) is 3.26. The first-order chi connectivity index (χ1) is 9.58. The van der Waals surface area contributed by atoms with Crippen LogP contribution in [-0.4, -0.2) is 37.2 Å². The molecule has 0 heterocycles. The summed E-state index contributed by atoms with van der Waals surface area (Å²) in [6.07, 6.45) is 0. The van der Waals surface area contributed by atoms with E-state index in [-0.39, 0.29) is 0 Å². The Labute approximate surface area is 121 Å². The van der Waals surface area contributed by atoms with Crippen LogP contribution in [0.15, 0.2) is 48.5 Å². The molecule has 3 nitrogen and oxygen atoms in total. The van der Waals surface area contributed by atoms with Gasteiger partial charge in [-0.2, -0.15) is 0 Å². The van der Waals surface area contributed by atoms with E-state index in [1.807, 2.05) is 37.3 Å². The number of nitrogens with zero attached hydrogens (tertiary/aromatic N) is 2. The summed E-state index contributed by atoms with van der Waals surface area (Å²) in [6, 6.07) is 15.9. The molecular weight excluding hydrogens is 248 g/mol. The van der Waals surface area contributed by atoms with Crippen molar-refractivity contribution in [2.45, 2.75) is 6.92 Å². The van der Waals surface area contributed by atoms with Crippen LogP contribution in [0.5, 0.6) is 5.75 Å². The predicted molar refractivity (Wildman–Crippen MR) is 84.8 cm³/mol. The van der Waals surface area contributed by atoms with Crippen molar-refractivity contribution in [2.24, 2.45) is 0 Å². The van der Waals surface area contributed by atoms with Crippen LogP contribution in [0.1, 0.15) is 5.56 Å². The molecule has 2 rings (SSSR count). The molecule has 0 bridgehead atoms. The highest BCUT2D eigenvalue weighted by Crippen LogP contribution is 2.33. The summed E-state index contributed by atoms with van der Waals surface area (Å²) in [5, 5.41) is 10.2. The molecule has 0 aliphatic rings. The van der Waals surface area contributed by atoms with Gasteiger partial charge in [-0.25, -0.2) is 0 Å². The van der Waals surface area contributed by atoms with E-state index in [4.69, 9.17) is 0 Å². The fraction of sp³-hybridized carbons (Fsp3) is 0.294. The number of aryl methyl sites for hydroxylation is 1. The summed E-state index contributed by atoms with van der Waals surface area (Å²) in [4.78, 5) is 4.30. The van der Waals surface area contributed by atoms with Gasteiger partial charge in [-0.05, 0) is 50.8 Å². The van der Waals surface area contributed by atoms with Crippen LogP contribution in [-0.2, 0) is 0 Å². The Morgan fingerprint density at radius 1 is 0.950 bits per heavy atom. The fourth-order valence-corrected chi connectivity index (χ4v) is 2.15. The van der Waals surface area contributed by atoms with Gasteiger partial charge >= 0.3 is 0 Å². The number of anilines is 2. The molecule has 0 unspecified atom stereocenters. The molecule has 0 spiro atoms. The minimum absolute atomic E-state index is 0.318. The quantitative estimate of drug-likeness (QED) is 0.902. The molecule has 2 aromatic carbocycles. The largest absolute Gasteiger partial charge is 0.506 e. The predicted octanol–water partition coefficient (Wildman–Crippen LogP) is 3.40. The second kappa shape index (κ2) is 6.44. The average molecular weight is 270 g/mol. The maximum atomic E-state index is 10.2. The normalized spacial score (nSPS) is 10.8. The standard InChI is InChI=1S/C17H22N2O/c1-14-9-10-17(20)16(13-14)19(12-11-18(2)3)15-7-5-4-6-8-15/h4-10,13,20H,11-12H2,1-3H3. The number of hydrogen-bond acceptors (Lipinski definition) is 3. The molecule has 0 atom stereocenters. The second-order valence-electron chi connectivity index (χ2n) is 5.28. The summed E-state index contributed by atoms with van der Waals surface area (Å²) in [5.74, 6) is 0.318. The van der Waals surface area contributed by atoms with Crippen LogP contribution in [0.2, 0.25) is 0 Å². The van der Waals surface area contributed by atoms with E-state index in [0.717, 1.165) is 30.0 Å². The first-order valence-corrected chi connectivity index (χ1v) is 6.85. The van der Waals surface area contributed by atoms with Gasteiger partial charge in [0.25, 0.3) is 0 Å². The zero-order chi connectivity index (χ0) is 14.5. The molecule has 0 saturated heterocycles. The van der Waals surface area contributed by atoms with Crippen LogP contribution in [0.4, 0.5) is 11.4 Å². The fourth-order valence-electron chi connectivity index (χ4n) is 2.15. The van der Waals surface area contributed by atoms with Crippen LogP contribution >= 0.6 is 0 Å². The summed E-state index contributed by atoms with van der Waals surface area (Å²) < 4.78 is 0. The molecule has 106 valence electrons. The van der Waals surface area contributed by atoms with Crippen molar-refractivity contribution < 1.29 is 5.11 Å². The summed E-state index contributed by atoms with van der Waals surface area (Å²) in [5.41, 5.74) is 3.09. The van der Waals surface area contributed by atoms with Crippen molar-refractivity contribution in [1.29, 1.82) is 0 Å². The third-order valence-corrected chi connectivity index (χ3v) is 3.26. The maximum Gasteiger partial charge on any atom is 0.139 e. The molecule has 20 heavy (non-hydrogen) atoms. The van der Waals surface area contributed by atoms with Crippen molar-refractivity contribution in [3.05, 3.63) is 54.1 Å². The van der Waals surface area contributed by atoms with Crippen LogP contribution < -0.4 is 4.90 Å². The zero-order valence-electron chi connectivity index (χ0n) is 12.4. The lowest BCUT2D eigenvalue weighted by molar-refractivity contribution is 0.417. The SMILES string of the molecule is Cc1ccc(O)c(N(CCN(C)C)c2ccccc2)c1. The van der Waals surface area contributed by atoms with Gasteiger partial charge in [0.15, 0.2) is 0 Å². The highest BCUT2D eigenvalue weighted by atomic mass is 16.3. The summed E-state index contributed by atoms with van der Waals surface area (Å²) >= 11 is 0. The number of benzene rings is 2. The number of para-hydroxylation sites is 1. The maximum absolute atomic E-state index is 10.2. The van der Waals surface area contributed by atoms with E-state index >= 15 is 0 Å². The van der Waals surface area contributed by atoms with Crippen molar-refractivity contribution in [2.75, 3.05) is 32.1 Å². The van der Waals surface area contributed by atoms with E-state index in [2.05, 4.69) is 36.0 Å². The number of aromatic hydroxyl groups is 1. The molecule has 2 aromatic rings. The third kappa shape index (κ3) is 3.52. The Balaban J connectivity index is 2.38. The Morgan fingerprint density at radius 3 is 2.30 bits per heavy atom. The molecule has 3 heteroatoms. The van der Waals surface area contributed by atoms with Gasteiger partial charge in [0.1, 0.15) is 5.75 Å². The molecule has 1 N–H and O–H groups in total. The van der Waals surface area contributed by atoms with Gasteiger partial charge < -0.3 is 14.9 Å². The number of rotatable bonds is 5. The Kier molecular flexibility index (Phi) is 4.64. The van der Waals surface area contributed by atoms with E-state index in [1.54, 1.807) is 6.07 Å². The lowest BCUT2D eigenvalue weighted by Gasteiger charge is -2.27. The number of likely N-dealkylation sites (N-methyl/N-ethyl adjacent to an activating group) is 1. The van der Waals surface area contributed by atoms with Gasteiger partial charge in [-0.15, -0.1) is 0 Å². The van der Waals surface area contributed by atoms with Crippen LogP contribution in [0, 0.1) is 6.92 Å². The molecule has 0 aromatic heterocycles. The van der Waals surface area contributed by atoms with E-state index in [0.29, 0.717) is 5.75 Å². The lowest BCUT2D eigenvalue weighted by atomic mass is 10.1. The number of phenols is 1. The van der Waals surface area contributed by atoms with Crippen molar-refractivity contribution in [3.63, 3.8) is 0 Å². The molecule has 0 aliphatic heterocycles. The van der Waals surface area contributed by atoms with Gasteiger partial charge in [-0.3, -0.25) is 0 Å². The van der Waals surface area contributed by atoms with E-state index in [9.17, 15) is 5.11 Å². The summed E-state index contributed by atoms with van der Waals surface area (Å²) in [7, 11) is 4.11. The van der Waals surface area contributed by atoms with Gasteiger partial charge in [0.2, 0.25) is 0 Å². The molecule has 0 amide bonds. The van der Waals surface area contributed by atoms with Gasteiger partial charge in [0, 0.05) is 18.8 Å². The minimum Gasteiger partial charge on any atom is -0.506 e. The monoisotopic (exact) mass is 270 g/mol. The first kappa shape index (κ1) is 14.4. The molecule has 0 aliphatic carbocycles. The molecule has 0 saturated carbocycles. The molecule has 0 fully saturated rings. The highest BCUT2D eigenvalue weighted by Gasteiger charge is 2.13. The summed E-state index contributed by atoms with van der Waals surface area (Å²) in [6.45, 7) is 3.79. The topological polar surface area (TPSA) is 26.7 Å². The lowest BCUT2D eigenvalue weighted by Crippen LogP contribution is -2.28. The number of phenolic OH excluding ortho intramolecular Hbond substituents is 1. The molecular formula is C17H22N2O.